The Morgan fingerprint density at radius 2 is 1.89 bits per heavy atom. The molecule has 0 saturated heterocycles. The number of phenolic OH excluding ortho intramolecular Hbond substituents is 1. The highest BCUT2D eigenvalue weighted by Gasteiger charge is 2.06. The van der Waals surface area contributed by atoms with E-state index in [9.17, 15) is 9.90 Å². The molecule has 0 aliphatic heterocycles. The Morgan fingerprint density at radius 1 is 1.17 bits per heavy atom. The molecule has 3 N–H and O–H groups in total. The fraction of sp³-hybridized carbons (Fsp3) is 0.0714. The van der Waals surface area contributed by atoms with Crippen molar-refractivity contribution >= 4 is 5.91 Å². The number of hydrogen-bond acceptors (Lipinski definition) is 3. The van der Waals surface area contributed by atoms with Crippen LogP contribution < -0.4 is 10.5 Å². The van der Waals surface area contributed by atoms with Gasteiger partial charge < -0.3 is 15.6 Å². The van der Waals surface area contributed by atoms with Crippen molar-refractivity contribution in [3.8, 4) is 17.2 Å². The van der Waals surface area contributed by atoms with Crippen LogP contribution in [0.4, 0.5) is 0 Å². The number of rotatable bonds is 3. The monoisotopic (exact) mass is 243 g/mol. The molecular weight excluding hydrogens is 230 g/mol. The maximum Gasteiger partial charge on any atom is 0.248 e. The number of aromatic hydroxyl groups is 1. The summed E-state index contributed by atoms with van der Waals surface area (Å²) in [5.41, 5.74) is 6.45. The second-order valence-corrected chi connectivity index (χ2v) is 3.94. The number of primary amides is 1. The van der Waals surface area contributed by atoms with Gasteiger partial charge in [0.2, 0.25) is 5.91 Å². The fourth-order valence-corrected chi connectivity index (χ4v) is 1.66. The van der Waals surface area contributed by atoms with Gasteiger partial charge in [-0.15, -0.1) is 0 Å². The Bertz CT molecular complexity index is 593. The van der Waals surface area contributed by atoms with Gasteiger partial charge in [-0.25, -0.2) is 0 Å². The van der Waals surface area contributed by atoms with Crippen LogP contribution in [0, 0.1) is 6.92 Å². The summed E-state index contributed by atoms with van der Waals surface area (Å²) in [7, 11) is 0. The van der Waals surface area contributed by atoms with E-state index in [-0.39, 0.29) is 5.75 Å². The standard InChI is InChI=1S/C14H13NO3/c1-9-7-12(5-6-13(9)14(15)17)18-11-4-2-3-10(16)8-11/h2-8,16H,1H3,(H2,15,17). The molecule has 0 aromatic heterocycles. The lowest BCUT2D eigenvalue weighted by atomic mass is 10.1. The van der Waals surface area contributed by atoms with Crippen LogP contribution in [0.5, 0.6) is 17.2 Å². The second kappa shape index (κ2) is 4.79. The number of carbonyl (C=O) groups is 1. The summed E-state index contributed by atoms with van der Waals surface area (Å²) in [4.78, 5) is 11.1. The van der Waals surface area contributed by atoms with E-state index in [4.69, 9.17) is 10.5 Å². The van der Waals surface area contributed by atoms with Gasteiger partial charge in [0.05, 0.1) is 0 Å². The third-order valence-corrected chi connectivity index (χ3v) is 2.52. The summed E-state index contributed by atoms with van der Waals surface area (Å²) in [6.45, 7) is 1.79. The Balaban J connectivity index is 2.25. The summed E-state index contributed by atoms with van der Waals surface area (Å²) in [6.07, 6.45) is 0. The highest BCUT2D eigenvalue weighted by molar-refractivity contribution is 5.94. The Morgan fingerprint density at radius 3 is 2.50 bits per heavy atom. The largest absolute Gasteiger partial charge is 0.508 e. The van der Waals surface area contributed by atoms with Crippen molar-refractivity contribution in [1.82, 2.24) is 0 Å². The predicted octanol–water partition coefficient (Wildman–Crippen LogP) is 2.59. The number of nitrogens with two attached hydrogens (primary N) is 1. The zero-order valence-electron chi connectivity index (χ0n) is 9.88. The Labute approximate surface area is 105 Å². The number of aryl methyl sites for hydroxylation is 1. The van der Waals surface area contributed by atoms with Crippen LogP contribution in [0.15, 0.2) is 42.5 Å². The predicted molar refractivity (Wildman–Crippen MR) is 67.9 cm³/mol. The number of carbonyl (C=O) groups excluding carboxylic acids is 1. The lowest BCUT2D eigenvalue weighted by Gasteiger charge is -2.08. The maximum atomic E-state index is 11.1. The summed E-state index contributed by atoms with van der Waals surface area (Å²) < 4.78 is 5.56. The van der Waals surface area contributed by atoms with Gasteiger partial charge in [0.25, 0.3) is 0 Å². The first kappa shape index (κ1) is 12.0. The van der Waals surface area contributed by atoms with Gasteiger partial charge in [0.15, 0.2) is 0 Å². The number of ether oxygens (including phenoxy) is 1. The van der Waals surface area contributed by atoms with Crippen molar-refractivity contribution in [2.24, 2.45) is 5.73 Å². The first-order valence-corrected chi connectivity index (χ1v) is 5.43. The molecule has 0 spiro atoms. The topological polar surface area (TPSA) is 72.6 Å². The normalized spacial score (nSPS) is 10.1. The number of benzene rings is 2. The van der Waals surface area contributed by atoms with Crippen LogP contribution in [-0.4, -0.2) is 11.0 Å². The minimum absolute atomic E-state index is 0.137. The van der Waals surface area contributed by atoms with Gasteiger partial charge >= 0.3 is 0 Å². The van der Waals surface area contributed by atoms with Gasteiger partial charge in [-0.05, 0) is 42.8 Å². The van der Waals surface area contributed by atoms with Crippen LogP contribution in [0.1, 0.15) is 15.9 Å². The van der Waals surface area contributed by atoms with Crippen molar-refractivity contribution in [3.05, 3.63) is 53.6 Å². The van der Waals surface area contributed by atoms with E-state index in [2.05, 4.69) is 0 Å². The molecular formula is C14H13NO3. The highest BCUT2D eigenvalue weighted by Crippen LogP contribution is 2.26. The molecule has 18 heavy (non-hydrogen) atoms. The van der Waals surface area contributed by atoms with Gasteiger partial charge in [-0.3, -0.25) is 4.79 Å². The smallest absolute Gasteiger partial charge is 0.248 e. The second-order valence-electron chi connectivity index (χ2n) is 3.94. The van der Waals surface area contributed by atoms with Crippen molar-refractivity contribution in [2.75, 3.05) is 0 Å². The van der Waals surface area contributed by atoms with Gasteiger partial charge in [0.1, 0.15) is 17.2 Å². The minimum atomic E-state index is -0.462. The molecule has 4 heteroatoms. The van der Waals surface area contributed by atoms with Crippen molar-refractivity contribution < 1.29 is 14.6 Å². The Hall–Kier alpha value is -2.49. The van der Waals surface area contributed by atoms with E-state index >= 15 is 0 Å². The molecule has 0 fully saturated rings. The summed E-state index contributed by atoms with van der Waals surface area (Å²) in [5, 5.41) is 9.32. The van der Waals surface area contributed by atoms with Crippen LogP contribution in [0.3, 0.4) is 0 Å². The van der Waals surface area contributed by atoms with E-state index in [0.29, 0.717) is 17.1 Å². The van der Waals surface area contributed by atoms with E-state index in [1.54, 1.807) is 43.3 Å². The van der Waals surface area contributed by atoms with Crippen LogP contribution in [0.25, 0.3) is 0 Å². The molecule has 0 atom stereocenters. The van der Waals surface area contributed by atoms with Crippen LogP contribution >= 0.6 is 0 Å². The van der Waals surface area contributed by atoms with Gasteiger partial charge in [0, 0.05) is 11.6 Å². The number of amides is 1. The summed E-state index contributed by atoms with van der Waals surface area (Å²) in [6, 6.07) is 11.5. The molecule has 0 radical (unpaired) electrons. The van der Waals surface area contributed by atoms with Gasteiger partial charge in [-0.1, -0.05) is 6.07 Å². The molecule has 2 aromatic rings. The zero-order valence-corrected chi connectivity index (χ0v) is 9.88. The molecule has 0 heterocycles. The average Bonchev–Trinajstić information content (AvgIpc) is 2.28. The number of phenols is 1. The average molecular weight is 243 g/mol. The van der Waals surface area contributed by atoms with E-state index < -0.39 is 5.91 Å². The van der Waals surface area contributed by atoms with E-state index in [1.165, 1.54) is 6.07 Å². The van der Waals surface area contributed by atoms with E-state index in [0.717, 1.165) is 5.56 Å². The SMILES string of the molecule is Cc1cc(Oc2cccc(O)c2)ccc1C(N)=O. The molecule has 92 valence electrons. The Kier molecular flexibility index (Phi) is 3.19. The molecule has 0 unspecified atom stereocenters. The summed E-state index contributed by atoms with van der Waals surface area (Å²) in [5.74, 6) is 0.790. The lowest BCUT2D eigenvalue weighted by Crippen LogP contribution is -2.12. The lowest BCUT2D eigenvalue weighted by molar-refractivity contribution is 0.0999. The molecule has 2 aromatic carbocycles. The molecule has 4 nitrogen and oxygen atoms in total. The fourth-order valence-electron chi connectivity index (χ4n) is 1.66. The molecule has 0 saturated carbocycles. The van der Waals surface area contributed by atoms with E-state index in [1.807, 2.05) is 0 Å². The third kappa shape index (κ3) is 2.60. The minimum Gasteiger partial charge on any atom is -0.508 e. The van der Waals surface area contributed by atoms with Gasteiger partial charge in [-0.2, -0.15) is 0 Å². The highest BCUT2D eigenvalue weighted by atomic mass is 16.5. The maximum absolute atomic E-state index is 11.1. The van der Waals surface area contributed by atoms with Crippen LogP contribution in [-0.2, 0) is 0 Å². The van der Waals surface area contributed by atoms with Crippen LogP contribution in [0.2, 0.25) is 0 Å². The molecule has 1 amide bonds. The quantitative estimate of drug-likeness (QED) is 0.870. The summed E-state index contributed by atoms with van der Waals surface area (Å²) >= 11 is 0. The molecule has 0 bridgehead atoms. The van der Waals surface area contributed by atoms with Crippen molar-refractivity contribution in [2.45, 2.75) is 6.92 Å². The third-order valence-electron chi connectivity index (χ3n) is 2.52. The molecule has 0 aliphatic carbocycles. The van der Waals surface area contributed by atoms with Crippen molar-refractivity contribution in [1.29, 1.82) is 0 Å². The molecule has 2 rings (SSSR count). The first-order valence-electron chi connectivity index (χ1n) is 5.43. The van der Waals surface area contributed by atoms with Crippen molar-refractivity contribution in [3.63, 3.8) is 0 Å². The zero-order chi connectivity index (χ0) is 13.1. The first-order chi connectivity index (χ1) is 8.56. The molecule has 0 aliphatic rings. The number of hydrogen-bond donors (Lipinski definition) is 2.